The van der Waals surface area contributed by atoms with Crippen LogP contribution in [0.25, 0.3) is 0 Å². The smallest absolute Gasteiger partial charge is 0.288 e. The molecule has 1 aromatic rings. The Hall–Kier alpha value is -1.71. The maximum Gasteiger partial charge on any atom is 0.288 e. The van der Waals surface area contributed by atoms with Crippen LogP contribution >= 0.6 is 0 Å². The van der Waals surface area contributed by atoms with Crippen LogP contribution in [0.3, 0.4) is 0 Å². The number of hydrogen-bond donors (Lipinski definition) is 1. The fourth-order valence-corrected chi connectivity index (χ4v) is 1.32. The summed E-state index contributed by atoms with van der Waals surface area (Å²) in [6.45, 7) is 3.75. The van der Waals surface area contributed by atoms with Gasteiger partial charge in [0, 0.05) is 32.0 Å². The Labute approximate surface area is 95.3 Å². The van der Waals surface area contributed by atoms with Crippen LogP contribution in [-0.2, 0) is 9.59 Å². The second-order valence-corrected chi connectivity index (χ2v) is 3.74. The average Bonchev–Trinajstić information content (AvgIpc) is 2.28. The number of hydrogen-bond acceptors (Lipinski definition) is 2. The summed E-state index contributed by atoms with van der Waals surface area (Å²) < 4.78 is 1.82. The average molecular weight is 221 g/mol. The van der Waals surface area contributed by atoms with E-state index in [1.165, 1.54) is 6.92 Å². The molecule has 1 N–H and O–H groups in total. The molecule has 0 spiro atoms. The highest BCUT2D eigenvalue weighted by Gasteiger charge is 2.20. The minimum atomic E-state index is -0.256. The quantitative estimate of drug-likeness (QED) is 0.741. The van der Waals surface area contributed by atoms with Crippen LogP contribution in [0, 0.1) is 0 Å². The number of nitrogens with one attached hydrogen (secondary N) is 1. The van der Waals surface area contributed by atoms with Crippen molar-refractivity contribution in [3.63, 3.8) is 0 Å². The summed E-state index contributed by atoms with van der Waals surface area (Å²) in [4.78, 5) is 22.4. The van der Waals surface area contributed by atoms with Gasteiger partial charge in [0.1, 0.15) is 5.78 Å². The minimum absolute atomic E-state index is 0.0718. The highest BCUT2D eigenvalue weighted by Crippen LogP contribution is 1.94. The summed E-state index contributed by atoms with van der Waals surface area (Å²) in [6, 6.07) is 5.39. The summed E-state index contributed by atoms with van der Waals surface area (Å²) >= 11 is 0. The molecule has 1 aromatic heterocycles. The molecule has 0 aliphatic rings. The first kappa shape index (κ1) is 12.4. The zero-order valence-electron chi connectivity index (χ0n) is 9.64. The van der Waals surface area contributed by atoms with Gasteiger partial charge in [-0.15, -0.1) is 0 Å². The maximum atomic E-state index is 11.7. The third kappa shape index (κ3) is 3.81. The van der Waals surface area contributed by atoms with E-state index in [1.807, 2.05) is 42.1 Å². The van der Waals surface area contributed by atoms with Gasteiger partial charge in [0.15, 0.2) is 12.4 Å². The van der Waals surface area contributed by atoms with Crippen molar-refractivity contribution in [1.82, 2.24) is 5.32 Å². The van der Waals surface area contributed by atoms with Crippen molar-refractivity contribution < 1.29 is 14.2 Å². The molecule has 0 fully saturated rings. The number of carbonyl (C=O) groups is 2. The fraction of sp³-hybridized carbons (Fsp3) is 0.417. The van der Waals surface area contributed by atoms with Gasteiger partial charge in [-0.05, 0) is 6.92 Å². The predicted molar refractivity (Wildman–Crippen MR) is 59.7 cm³/mol. The molecule has 0 aliphatic carbocycles. The molecule has 1 atom stereocenters. The van der Waals surface area contributed by atoms with E-state index in [2.05, 4.69) is 5.32 Å². The normalized spacial score (nSPS) is 11.9. The molecule has 1 heterocycles. The van der Waals surface area contributed by atoms with Crippen LogP contribution in [0.5, 0.6) is 0 Å². The molecule has 0 saturated carbocycles. The largest absolute Gasteiger partial charge is 0.350 e. The molecule has 0 radical (unpaired) electrons. The van der Waals surface area contributed by atoms with E-state index >= 15 is 0 Å². The molecule has 1 rings (SSSR count). The van der Waals surface area contributed by atoms with Crippen molar-refractivity contribution in [1.29, 1.82) is 0 Å². The number of Topliss-reactive ketones (excluding diaryl/α,β-unsaturated/α-hetero) is 1. The van der Waals surface area contributed by atoms with Gasteiger partial charge in [-0.25, -0.2) is 0 Å². The molecule has 16 heavy (non-hydrogen) atoms. The summed E-state index contributed by atoms with van der Waals surface area (Å²) in [5.74, 6) is 0.0118. The van der Waals surface area contributed by atoms with E-state index in [0.717, 1.165) is 0 Å². The van der Waals surface area contributed by atoms with Gasteiger partial charge in [0.05, 0.1) is 0 Å². The third-order valence-electron chi connectivity index (χ3n) is 2.34. The Kier molecular flexibility index (Phi) is 4.64. The van der Waals surface area contributed by atoms with Gasteiger partial charge >= 0.3 is 0 Å². The van der Waals surface area contributed by atoms with Crippen molar-refractivity contribution in [2.24, 2.45) is 0 Å². The molecule has 0 aliphatic heterocycles. The standard InChI is InChI=1S/C12H16N2O2/c1-10(15)6-7-13-12(16)11(2)14-8-4-3-5-9-14/h3-5,8-9,11H,6-7H2,1-2H3/p+1. The van der Waals surface area contributed by atoms with Gasteiger partial charge < -0.3 is 5.32 Å². The van der Waals surface area contributed by atoms with Gasteiger partial charge in [-0.3, -0.25) is 9.59 Å². The molecule has 0 saturated heterocycles. The number of amides is 1. The van der Waals surface area contributed by atoms with Crippen molar-refractivity contribution in [3.05, 3.63) is 30.6 Å². The van der Waals surface area contributed by atoms with E-state index in [0.29, 0.717) is 13.0 Å². The number of rotatable bonds is 5. The summed E-state index contributed by atoms with van der Waals surface area (Å²) in [6.07, 6.45) is 4.07. The van der Waals surface area contributed by atoms with Crippen LogP contribution in [0.1, 0.15) is 26.3 Å². The van der Waals surface area contributed by atoms with Gasteiger partial charge in [0.25, 0.3) is 5.91 Å². The minimum Gasteiger partial charge on any atom is -0.350 e. The lowest BCUT2D eigenvalue weighted by Crippen LogP contribution is -2.46. The highest BCUT2D eigenvalue weighted by atomic mass is 16.2. The van der Waals surface area contributed by atoms with E-state index in [9.17, 15) is 9.59 Å². The van der Waals surface area contributed by atoms with Crippen LogP contribution in [-0.4, -0.2) is 18.2 Å². The van der Waals surface area contributed by atoms with E-state index in [-0.39, 0.29) is 17.7 Å². The van der Waals surface area contributed by atoms with Crippen molar-refractivity contribution in [3.8, 4) is 0 Å². The molecule has 1 unspecified atom stereocenters. The first-order valence-electron chi connectivity index (χ1n) is 5.34. The zero-order chi connectivity index (χ0) is 12.0. The number of pyridine rings is 1. The van der Waals surface area contributed by atoms with Crippen LogP contribution in [0.15, 0.2) is 30.6 Å². The summed E-state index contributed by atoms with van der Waals surface area (Å²) in [5.41, 5.74) is 0. The second kappa shape index (κ2) is 6.00. The molecular formula is C12H17N2O2+. The molecule has 86 valence electrons. The maximum absolute atomic E-state index is 11.7. The monoisotopic (exact) mass is 221 g/mol. The SMILES string of the molecule is CC(=O)CCNC(=O)C(C)[n+]1ccccc1. The zero-order valence-corrected chi connectivity index (χ0v) is 9.64. The fourth-order valence-electron chi connectivity index (χ4n) is 1.32. The van der Waals surface area contributed by atoms with Crippen molar-refractivity contribution in [2.75, 3.05) is 6.54 Å². The molecule has 4 nitrogen and oxygen atoms in total. The van der Waals surface area contributed by atoms with Crippen LogP contribution in [0.2, 0.25) is 0 Å². The Morgan fingerprint density at radius 3 is 2.44 bits per heavy atom. The number of ketones is 1. The Balaban J connectivity index is 2.45. The Morgan fingerprint density at radius 2 is 1.88 bits per heavy atom. The Bertz CT molecular complexity index is 363. The number of nitrogens with zero attached hydrogens (tertiary/aromatic N) is 1. The molecule has 0 aromatic carbocycles. The third-order valence-corrected chi connectivity index (χ3v) is 2.34. The van der Waals surface area contributed by atoms with Gasteiger partial charge in [-0.2, -0.15) is 4.57 Å². The highest BCUT2D eigenvalue weighted by molar-refractivity contribution is 5.80. The lowest BCUT2D eigenvalue weighted by molar-refractivity contribution is -0.706. The van der Waals surface area contributed by atoms with Crippen LogP contribution in [0.4, 0.5) is 0 Å². The van der Waals surface area contributed by atoms with Crippen molar-refractivity contribution in [2.45, 2.75) is 26.3 Å². The molecule has 1 amide bonds. The van der Waals surface area contributed by atoms with E-state index in [1.54, 1.807) is 0 Å². The summed E-state index contributed by atoms with van der Waals surface area (Å²) in [7, 11) is 0. The molecular weight excluding hydrogens is 204 g/mol. The van der Waals surface area contributed by atoms with Crippen LogP contribution < -0.4 is 9.88 Å². The lowest BCUT2D eigenvalue weighted by Gasteiger charge is -2.07. The van der Waals surface area contributed by atoms with E-state index < -0.39 is 0 Å². The summed E-state index contributed by atoms with van der Waals surface area (Å²) in [5, 5.41) is 2.73. The molecule has 4 heteroatoms. The first-order valence-corrected chi connectivity index (χ1v) is 5.34. The van der Waals surface area contributed by atoms with Crippen molar-refractivity contribution >= 4 is 11.7 Å². The van der Waals surface area contributed by atoms with E-state index in [4.69, 9.17) is 0 Å². The Morgan fingerprint density at radius 1 is 1.25 bits per heavy atom. The van der Waals surface area contributed by atoms with Gasteiger partial charge in [-0.1, -0.05) is 6.07 Å². The predicted octanol–water partition coefficient (Wildman–Crippen LogP) is 0.630. The van der Waals surface area contributed by atoms with Gasteiger partial charge in [0.2, 0.25) is 6.04 Å². The topological polar surface area (TPSA) is 50.1 Å². The molecule has 0 bridgehead atoms. The second-order valence-electron chi connectivity index (χ2n) is 3.74. The first-order chi connectivity index (χ1) is 7.61. The number of carbonyl (C=O) groups excluding carboxylic acids is 2. The lowest BCUT2D eigenvalue weighted by atomic mass is 10.2. The number of aromatic nitrogens is 1.